The number of amides is 1. The third kappa shape index (κ3) is 3.56. The molecule has 0 aliphatic carbocycles. The van der Waals surface area contributed by atoms with Crippen molar-refractivity contribution in [2.75, 3.05) is 9.74 Å². The topological polar surface area (TPSA) is 46.4 Å². The van der Waals surface area contributed by atoms with Crippen molar-refractivity contribution >= 4 is 53.4 Å². The zero-order chi connectivity index (χ0) is 17.3. The molecule has 1 N–H and O–H groups in total. The Balaban J connectivity index is 2.59. The van der Waals surface area contributed by atoms with Crippen LogP contribution in [0, 0.1) is 13.8 Å². The molecule has 4 nitrogen and oxygen atoms in total. The first-order chi connectivity index (χ1) is 10.8. The van der Waals surface area contributed by atoms with Crippen molar-refractivity contribution < 1.29 is 13.4 Å². The molecule has 0 bridgehead atoms. The van der Waals surface area contributed by atoms with Crippen LogP contribution in [0.1, 0.15) is 30.8 Å². The van der Waals surface area contributed by atoms with Gasteiger partial charge in [-0.1, -0.05) is 22.6 Å². The quantitative estimate of drug-likeness (QED) is 0.438. The van der Waals surface area contributed by atoms with E-state index in [0.29, 0.717) is 28.3 Å². The van der Waals surface area contributed by atoms with Crippen molar-refractivity contribution in [1.29, 1.82) is 0 Å². The molecular formula is C15H17BF2IN3O. The number of hydrogen-bond acceptors (Lipinski definition) is 2. The minimum atomic E-state index is -2.69. The molecule has 0 fully saturated rings. The van der Waals surface area contributed by atoms with Gasteiger partial charge in [0.25, 0.3) is 0 Å². The molecule has 2 rings (SSSR count). The van der Waals surface area contributed by atoms with Crippen LogP contribution in [-0.4, -0.2) is 27.9 Å². The van der Waals surface area contributed by atoms with Gasteiger partial charge in [-0.2, -0.15) is 0 Å². The van der Waals surface area contributed by atoms with Gasteiger partial charge in [0.05, 0.1) is 15.8 Å². The number of carbonyl (C=O) groups excluding carboxylic acids is 1. The van der Waals surface area contributed by atoms with E-state index >= 15 is 0 Å². The van der Waals surface area contributed by atoms with Crippen LogP contribution in [0.25, 0.3) is 6.08 Å². The van der Waals surface area contributed by atoms with Crippen LogP contribution in [0.15, 0.2) is 22.3 Å². The average Bonchev–Trinajstić information content (AvgIpc) is 2.90. The second kappa shape index (κ2) is 6.98. The molecule has 0 aromatic carbocycles. The van der Waals surface area contributed by atoms with Gasteiger partial charge in [-0.05, 0) is 51.0 Å². The molecule has 122 valence electrons. The van der Waals surface area contributed by atoms with Gasteiger partial charge in [-0.25, -0.2) is 0 Å². The van der Waals surface area contributed by atoms with Gasteiger partial charge in [0.15, 0.2) is 0 Å². The Morgan fingerprint density at radius 3 is 2.52 bits per heavy atom. The summed E-state index contributed by atoms with van der Waals surface area (Å²) in [6.07, 6.45) is 3.55. The molecule has 8 heteroatoms. The first kappa shape index (κ1) is 17.9. The molecule has 0 radical (unpaired) electrons. The number of anilines is 1. The predicted molar refractivity (Wildman–Crippen MR) is 99.6 cm³/mol. The number of aromatic nitrogens is 1. The number of carbonyl (C=O) groups is 1. The number of allylic oxidation sites excluding steroid dienone is 2. The number of hydrogen-bond donors (Lipinski definition) is 1. The molecule has 0 spiro atoms. The van der Waals surface area contributed by atoms with Crippen LogP contribution in [-0.2, 0) is 4.79 Å². The summed E-state index contributed by atoms with van der Waals surface area (Å²) in [6.45, 7) is 7.06. The maximum Gasteiger partial charge on any atom is 0.677 e. The van der Waals surface area contributed by atoms with Gasteiger partial charge in [-0.3, -0.25) is 18.4 Å². The van der Waals surface area contributed by atoms with Gasteiger partial charge in [-0.15, -0.1) is 0 Å². The highest BCUT2D eigenvalue weighted by Gasteiger charge is 2.28. The lowest BCUT2D eigenvalue weighted by Gasteiger charge is -2.06. The Labute approximate surface area is 148 Å². The van der Waals surface area contributed by atoms with E-state index in [9.17, 15) is 13.4 Å². The lowest BCUT2D eigenvalue weighted by Crippen LogP contribution is -2.17. The first-order valence-electron chi connectivity index (χ1n) is 7.07. The largest absolute Gasteiger partial charge is 0.677 e. The maximum atomic E-state index is 13.5. The Morgan fingerprint density at radius 1 is 1.39 bits per heavy atom. The van der Waals surface area contributed by atoms with E-state index in [2.05, 4.69) is 10.3 Å². The normalized spacial score (nSPS) is 15.7. The molecule has 1 aliphatic heterocycles. The summed E-state index contributed by atoms with van der Waals surface area (Å²) in [4.78, 5) is 16.0. The fourth-order valence-corrected chi connectivity index (χ4v) is 2.83. The second-order valence-corrected chi connectivity index (χ2v) is 6.17. The molecule has 23 heavy (non-hydrogen) atoms. The third-order valence-corrected chi connectivity index (χ3v) is 4.42. The minimum absolute atomic E-state index is 0.215. The van der Waals surface area contributed by atoms with Crippen LogP contribution in [0.5, 0.6) is 0 Å². The van der Waals surface area contributed by atoms with Gasteiger partial charge < -0.3 is 9.79 Å². The smallest absolute Gasteiger partial charge is 0.327 e. The Morgan fingerprint density at radius 2 is 2.04 bits per heavy atom. The molecule has 0 atom stereocenters. The van der Waals surface area contributed by atoms with Crippen molar-refractivity contribution in [3.05, 3.63) is 34.3 Å². The number of halogens is 3. The van der Waals surface area contributed by atoms with Crippen LogP contribution < -0.4 is 5.32 Å². The van der Waals surface area contributed by atoms with Gasteiger partial charge in [0, 0.05) is 17.1 Å². The number of nitrogens with one attached hydrogen (secondary N) is 1. The van der Waals surface area contributed by atoms with Crippen LogP contribution in [0.4, 0.5) is 14.3 Å². The fraction of sp³-hybridized carbons (Fsp3) is 0.333. The summed E-state index contributed by atoms with van der Waals surface area (Å²) in [5, 5.41) is 2.71. The van der Waals surface area contributed by atoms with Gasteiger partial charge in [0.2, 0.25) is 5.91 Å². The summed E-state index contributed by atoms with van der Waals surface area (Å²) in [5.74, 6) is -0.215. The second-order valence-electron chi connectivity index (χ2n) is 5.41. The number of alkyl halides is 1. The van der Waals surface area contributed by atoms with Gasteiger partial charge in [0.1, 0.15) is 0 Å². The lowest BCUT2D eigenvalue weighted by atomic mass is 10.1. The van der Waals surface area contributed by atoms with E-state index in [-0.39, 0.29) is 10.3 Å². The van der Waals surface area contributed by atoms with E-state index < -0.39 is 7.40 Å². The highest BCUT2D eigenvalue weighted by Crippen LogP contribution is 2.32. The third-order valence-electron chi connectivity index (χ3n) is 3.72. The molecule has 1 aliphatic rings. The van der Waals surface area contributed by atoms with Crippen LogP contribution in [0.2, 0.25) is 0 Å². The molecule has 1 amide bonds. The molecule has 0 saturated heterocycles. The standard InChI is InChI=1S/C15H17BF2IN3O/c1-8-5-9(2)20-12(8)6-13-10(3)15(21-14(23)7-19)11(4)22(13)16(17)18/h5-6H,7H2,1-4H3,(H,21,23)/b12-6-. The highest BCUT2D eigenvalue weighted by molar-refractivity contribution is 14.1. The zero-order valence-electron chi connectivity index (χ0n) is 13.4. The number of rotatable bonds is 4. The van der Waals surface area contributed by atoms with E-state index in [4.69, 9.17) is 0 Å². The van der Waals surface area contributed by atoms with Crippen molar-refractivity contribution in [3.63, 3.8) is 0 Å². The maximum absolute atomic E-state index is 13.5. The van der Waals surface area contributed by atoms with E-state index in [1.165, 1.54) is 0 Å². The molecule has 0 unspecified atom stereocenters. The summed E-state index contributed by atoms with van der Waals surface area (Å²) in [7, 11) is -2.69. The monoisotopic (exact) mass is 431 g/mol. The zero-order valence-corrected chi connectivity index (χ0v) is 15.5. The van der Waals surface area contributed by atoms with Crippen molar-refractivity contribution in [1.82, 2.24) is 4.48 Å². The van der Waals surface area contributed by atoms with Crippen LogP contribution in [0.3, 0.4) is 0 Å². The first-order valence-corrected chi connectivity index (χ1v) is 8.59. The molecule has 1 aromatic heterocycles. The molecule has 0 saturated carbocycles. The van der Waals surface area contributed by atoms with Crippen molar-refractivity contribution in [2.45, 2.75) is 27.7 Å². The fourth-order valence-electron chi connectivity index (χ4n) is 2.64. The average molecular weight is 431 g/mol. The Kier molecular flexibility index (Phi) is 5.43. The van der Waals surface area contributed by atoms with Crippen molar-refractivity contribution in [3.8, 4) is 0 Å². The Bertz CT molecular complexity index is 750. The van der Waals surface area contributed by atoms with E-state index in [0.717, 1.165) is 15.8 Å². The Hall–Kier alpha value is -1.45. The lowest BCUT2D eigenvalue weighted by molar-refractivity contribution is -0.113. The predicted octanol–water partition coefficient (Wildman–Crippen LogP) is 4.01. The summed E-state index contributed by atoms with van der Waals surface area (Å²) in [5.41, 5.74) is 4.19. The van der Waals surface area contributed by atoms with E-state index in [1.54, 1.807) is 19.9 Å². The molecular weight excluding hydrogens is 414 g/mol. The summed E-state index contributed by atoms with van der Waals surface area (Å²) < 4.78 is 28.2. The highest BCUT2D eigenvalue weighted by atomic mass is 127. The minimum Gasteiger partial charge on any atom is -0.327 e. The number of nitrogens with zero attached hydrogens (tertiary/aromatic N) is 2. The van der Waals surface area contributed by atoms with Crippen LogP contribution >= 0.6 is 22.6 Å². The summed E-state index contributed by atoms with van der Waals surface area (Å²) >= 11 is 1.93. The SMILES string of the molecule is CC1=CC(C)=N/C1=C\c1c(C)c(NC(=O)CI)c(C)n1B(F)F. The molecule has 1 aromatic rings. The molecule has 2 heterocycles. The van der Waals surface area contributed by atoms with Gasteiger partial charge >= 0.3 is 7.40 Å². The van der Waals surface area contributed by atoms with E-state index in [1.807, 2.05) is 42.5 Å². The summed E-state index contributed by atoms with van der Waals surface area (Å²) in [6, 6.07) is 0. The van der Waals surface area contributed by atoms with Crippen molar-refractivity contribution in [2.24, 2.45) is 4.99 Å². The number of aliphatic imine (C=N–C) groups is 1.